The van der Waals surface area contributed by atoms with Gasteiger partial charge in [-0.25, -0.2) is 4.98 Å². The van der Waals surface area contributed by atoms with Gasteiger partial charge in [-0.2, -0.15) is 13.2 Å². The van der Waals surface area contributed by atoms with E-state index in [1.807, 2.05) is 0 Å². The number of nitrogens with zero attached hydrogens (tertiary/aromatic N) is 1. The highest BCUT2D eigenvalue weighted by Crippen LogP contribution is 2.39. The molecule has 2 rings (SSSR count). The second-order valence-corrected chi connectivity index (χ2v) is 5.36. The average molecular weight is 318 g/mol. The normalized spacial score (nSPS) is 11.8. The molecule has 2 aromatic rings. The zero-order valence-corrected chi connectivity index (χ0v) is 11.8. The topological polar surface area (TPSA) is 65.4 Å². The molecule has 0 aliphatic rings. The van der Waals surface area contributed by atoms with Gasteiger partial charge in [0.15, 0.2) is 17.2 Å². The van der Waals surface area contributed by atoms with Crippen LogP contribution >= 0.6 is 11.3 Å². The minimum atomic E-state index is -4.53. The predicted octanol–water partition coefficient (Wildman–Crippen LogP) is 3.35. The molecule has 0 aliphatic heterocycles. The quantitative estimate of drug-likeness (QED) is 0.757. The molecule has 0 saturated heterocycles. The minimum Gasteiger partial charge on any atom is -0.504 e. The SMILES string of the molecule is CCNCc1sc(-c2ccc(O)c(O)c2)nc1C(F)(F)F. The van der Waals surface area contributed by atoms with Crippen molar-refractivity contribution in [2.75, 3.05) is 6.54 Å². The van der Waals surface area contributed by atoms with Gasteiger partial charge in [0.1, 0.15) is 5.01 Å². The van der Waals surface area contributed by atoms with E-state index in [0.717, 1.165) is 11.3 Å². The lowest BCUT2D eigenvalue weighted by atomic mass is 10.2. The largest absolute Gasteiger partial charge is 0.504 e. The van der Waals surface area contributed by atoms with Crippen LogP contribution in [0.15, 0.2) is 18.2 Å². The van der Waals surface area contributed by atoms with Crippen molar-refractivity contribution in [3.05, 3.63) is 28.8 Å². The van der Waals surface area contributed by atoms with Crippen LogP contribution in [0, 0.1) is 0 Å². The summed E-state index contributed by atoms with van der Waals surface area (Å²) >= 11 is 0.908. The lowest BCUT2D eigenvalue weighted by Gasteiger charge is -2.05. The average Bonchev–Trinajstić information content (AvgIpc) is 2.83. The number of aromatic hydroxyl groups is 2. The monoisotopic (exact) mass is 318 g/mol. The Morgan fingerprint density at radius 2 is 1.95 bits per heavy atom. The second kappa shape index (κ2) is 5.90. The summed E-state index contributed by atoms with van der Waals surface area (Å²) in [6.45, 7) is 2.42. The summed E-state index contributed by atoms with van der Waals surface area (Å²) in [6, 6.07) is 3.81. The van der Waals surface area contributed by atoms with Crippen molar-refractivity contribution >= 4 is 11.3 Å². The second-order valence-electron chi connectivity index (χ2n) is 4.27. The number of aromatic nitrogens is 1. The van der Waals surface area contributed by atoms with Crippen molar-refractivity contribution in [1.29, 1.82) is 0 Å². The van der Waals surface area contributed by atoms with Crippen molar-refractivity contribution in [1.82, 2.24) is 10.3 Å². The van der Waals surface area contributed by atoms with E-state index in [-0.39, 0.29) is 22.2 Å². The molecule has 0 spiro atoms. The summed E-state index contributed by atoms with van der Waals surface area (Å²) in [5.41, 5.74) is -0.598. The van der Waals surface area contributed by atoms with Gasteiger partial charge in [-0.15, -0.1) is 11.3 Å². The number of halogens is 3. The molecule has 1 aromatic heterocycles. The summed E-state index contributed by atoms with van der Waals surface area (Å²) in [7, 11) is 0. The molecule has 0 atom stereocenters. The molecule has 8 heteroatoms. The molecule has 4 nitrogen and oxygen atoms in total. The number of benzene rings is 1. The fourth-order valence-corrected chi connectivity index (χ4v) is 2.76. The maximum Gasteiger partial charge on any atom is 0.434 e. The van der Waals surface area contributed by atoms with Gasteiger partial charge in [0, 0.05) is 12.1 Å². The standard InChI is InChI=1S/C13H13F3N2O2S/c1-2-17-6-10-11(13(14,15)16)18-12(21-10)7-3-4-8(19)9(20)5-7/h3-5,17,19-20H,2,6H2,1H3. The first kappa shape index (κ1) is 15.6. The van der Waals surface area contributed by atoms with Crippen LogP contribution < -0.4 is 5.32 Å². The molecule has 0 radical (unpaired) electrons. The molecule has 1 heterocycles. The summed E-state index contributed by atoms with van der Waals surface area (Å²) in [5.74, 6) is -0.733. The predicted molar refractivity (Wildman–Crippen MR) is 73.3 cm³/mol. The number of hydrogen-bond acceptors (Lipinski definition) is 5. The Bertz CT molecular complexity index is 641. The van der Waals surface area contributed by atoms with Gasteiger partial charge in [0.05, 0.1) is 4.88 Å². The van der Waals surface area contributed by atoms with E-state index in [0.29, 0.717) is 12.1 Å². The van der Waals surface area contributed by atoms with Crippen LogP contribution in [0.4, 0.5) is 13.2 Å². The van der Waals surface area contributed by atoms with Crippen LogP contribution in [0.1, 0.15) is 17.5 Å². The van der Waals surface area contributed by atoms with E-state index >= 15 is 0 Å². The van der Waals surface area contributed by atoms with Crippen LogP contribution in [-0.4, -0.2) is 21.7 Å². The molecule has 0 amide bonds. The lowest BCUT2D eigenvalue weighted by Crippen LogP contribution is -2.15. The zero-order chi connectivity index (χ0) is 15.6. The Labute approximate surface area is 122 Å². The van der Waals surface area contributed by atoms with Gasteiger partial charge in [-0.3, -0.25) is 0 Å². The van der Waals surface area contributed by atoms with Crippen molar-refractivity contribution in [2.24, 2.45) is 0 Å². The van der Waals surface area contributed by atoms with Gasteiger partial charge in [0.25, 0.3) is 0 Å². The van der Waals surface area contributed by atoms with E-state index in [1.54, 1.807) is 6.92 Å². The molecule has 114 valence electrons. The Morgan fingerprint density at radius 1 is 1.24 bits per heavy atom. The summed E-state index contributed by atoms with van der Waals surface area (Å²) < 4.78 is 38.9. The van der Waals surface area contributed by atoms with E-state index < -0.39 is 17.6 Å². The van der Waals surface area contributed by atoms with Crippen molar-refractivity contribution in [3.63, 3.8) is 0 Å². The lowest BCUT2D eigenvalue weighted by molar-refractivity contribution is -0.141. The number of thiazole rings is 1. The van der Waals surface area contributed by atoms with E-state index in [4.69, 9.17) is 0 Å². The highest BCUT2D eigenvalue weighted by molar-refractivity contribution is 7.15. The van der Waals surface area contributed by atoms with Gasteiger partial charge in [-0.1, -0.05) is 6.92 Å². The molecule has 1 aromatic carbocycles. The maximum atomic E-state index is 13.0. The Kier molecular flexibility index (Phi) is 4.38. The van der Waals surface area contributed by atoms with E-state index in [9.17, 15) is 23.4 Å². The van der Waals surface area contributed by atoms with E-state index in [2.05, 4.69) is 10.3 Å². The van der Waals surface area contributed by atoms with Gasteiger partial charge in [0.2, 0.25) is 0 Å². The molecule has 0 unspecified atom stereocenters. The highest BCUT2D eigenvalue weighted by atomic mass is 32.1. The fraction of sp³-hybridized carbons (Fsp3) is 0.308. The third-order valence-electron chi connectivity index (χ3n) is 2.72. The van der Waals surface area contributed by atoms with E-state index in [1.165, 1.54) is 18.2 Å². The van der Waals surface area contributed by atoms with Gasteiger partial charge in [-0.05, 0) is 24.7 Å². The molecule has 0 fully saturated rings. The summed E-state index contributed by atoms with van der Waals surface area (Å²) in [5, 5.41) is 21.7. The number of phenolic OH excluding ortho intramolecular Hbond substituents is 2. The first-order valence-corrected chi connectivity index (χ1v) is 6.94. The third-order valence-corrected chi connectivity index (χ3v) is 3.83. The van der Waals surface area contributed by atoms with Crippen LogP contribution in [0.25, 0.3) is 10.6 Å². The van der Waals surface area contributed by atoms with Crippen molar-refractivity contribution in [3.8, 4) is 22.1 Å². The summed E-state index contributed by atoms with van der Waals surface area (Å²) in [4.78, 5) is 3.73. The van der Waals surface area contributed by atoms with Gasteiger partial charge < -0.3 is 15.5 Å². The number of rotatable bonds is 4. The molecule has 21 heavy (non-hydrogen) atoms. The number of nitrogens with one attached hydrogen (secondary N) is 1. The van der Waals surface area contributed by atoms with Crippen molar-refractivity contribution < 1.29 is 23.4 Å². The van der Waals surface area contributed by atoms with Crippen LogP contribution in [-0.2, 0) is 12.7 Å². The fourth-order valence-electron chi connectivity index (χ4n) is 1.71. The Morgan fingerprint density at radius 3 is 2.52 bits per heavy atom. The number of alkyl halides is 3. The first-order chi connectivity index (χ1) is 9.82. The molecule has 0 aliphatic carbocycles. The minimum absolute atomic E-state index is 0.0765. The molecule has 3 N–H and O–H groups in total. The number of phenols is 2. The molecule has 0 saturated carbocycles. The smallest absolute Gasteiger partial charge is 0.434 e. The van der Waals surface area contributed by atoms with Crippen LogP contribution in [0.2, 0.25) is 0 Å². The summed E-state index contributed by atoms with van der Waals surface area (Å²) in [6.07, 6.45) is -4.53. The Hall–Kier alpha value is -1.80. The van der Waals surface area contributed by atoms with Crippen LogP contribution in [0.3, 0.4) is 0 Å². The molecular formula is C13H13F3N2O2S. The highest BCUT2D eigenvalue weighted by Gasteiger charge is 2.37. The Balaban J connectivity index is 2.45. The number of hydrogen-bond donors (Lipinski definition) is 3. The van der Waals surface area contributed by atoms with Gasteiger partial charge >= 0.3 is 6.18 Å². The molecular weight excluding hydrogens is 305 g/mol. The van der Waals surface area contributed by atoms with Crippen LogP contribution in [0.5, 0.6) is 11.5 Å². The molecule has 0 bridgehead atoms. The third kappa shape index (κ3) is 3.45. The van der Waals surface area contributed by atoms with Crippen molar-refractivity contribution in [2.45, 2.75) is 19.6 Å². The maximum absolute atomic E-state index is 13.0. The zero-order valence-electron chi connectivity index (χ0n) is 11.0. The first-order valence-electron chi connectivity index (χ1n) is 6.13.